The molecule has 0 saturated heterocycles. The lowest BCUT2D eigenvalue weighted by Gasteiger charge is -2.10. The van der Waals surface area contributed by atoms with Crippen LogP contribution < -0.4 is 0 Å². The topological polar surface area (TPSA) is 40.9 Å². The second kappa shape index (κ2) is 4.81. The third-order valence-corrected chi connectivity index (χ3v) is 3.48. The van der Waals surface area contributed by atoms with Crippen molar-refractivity contribution in [2.24, 2.45) is 0 Å². The Morgan fingerprint density at radius 3 is 2.53 bits per heavy atom. The predicted octanol–water partition coefficient (Wildman–Crippen LogP) is 3.00. The first-order valence-electron chi connectivity index (χ1n) is 3.83. The Kier molecular flexibility index (Phi) is 3.94. The van der Waals surface area contributed by atoms with E-state index in [0.717, 1.165) is 0 Å². The minimum Gasteiger partial charge on any atom is -0.255 e. The molecule has 1 atom stereocenters. The van der Waals surface area contributed by atoms with Crippen molar-refractivity contribution in [3.8, 4) is 6.07 Å². The number of benzene rings is 1. The van der Waals surface area contributed by atoms with Crippen LogP contribution in [0.4, 0.5) is 8.78 Å². The van der Waals surface area contributed by atoms with Gasteiger partial charge in [-0.25, -0.2) is 8.78 Å². The molecule has 2 nitrogen and oxygen atoms in total. The summed E-state index contributed by atoms with van der Waals surface area (Å²) in [6.45, 7) is 0. The molecule has 6 heteroatoms. The summed E-state index contributed by atoms with van der Waals surface area (Å²) in [5.74, 6) is 0. The molecule has 0 spiro atoms. The molecular weight excluding hydrogens is 288 g/mol. The fourth-order valence-electron chi connectivity index (χ4n) is 1.18. The van der Waals surface area contributed by atoms with E-state index in [9.17, 15) is 13.0 Å². The Bertz CT molecular complexity index is 456. The Balaban J connectivity index is 3.60. The summed E-state index contributed by atoms with van der Waals surface area (Å²) in [6, 6.07) is 4.48. The van der Waals surface area contributed by atoms with Crippen LogP contribution in [0.3, 0.4) is 0 Å². The number of hydrogen-bond acceptors (Lipinski definition) is 2. The van der Waals surface area contributed by atoms with Gasteiger partial charge in [-0.2, -0.15) is 5.26 Å². The number of hydrogen-bond donors (Lipinski definition) is 0. The Hall–Kier alpha value is -0.800. The lowest BCUT2D eigenvalue weighted by atomic mass is 10.1. The van der Waals surface area contributed by atoms with Crippen LogP contribution in [0, 0.1) is 11.3 Å². The van der Waals surface area contributed by atoms with Crippen molar-refractivity contribution in [1.82, 2.24) is 0 Å². The highest BCUT2D eigenvalue weighted by Crippen LogP contribution is 2.34. The van der Waals surface area contributed by atoms with Gasteiger partial charge in [0.15, 0.2) is 0 Å². The zero-order valence-corrected chi connectivity index (χ0v) is 10.0. The van der Waals surface area contributed by atoms with Crippen molar-refractivity contribution in [2.45, 2.75) is 11.3 Å². The highest BCUT2D eigenvalue weighted by molar-refractivity contribution is 9.10. The normalized spacial score (nSPS) is 12.5. The van der Waals surface area contributed by atoms with E-state index < -0.39 is 17.2 Å². The minimum absolute atomic E-state index is 0.0225. The van der Waals surface area contributed by atoms with Gasteiger partial charge < -0.3 is 0 Å². The first-order chi connectivity index (χ1) is 6.99. The van der Waals surface area contributed by atoms with Crippen LogP contribution in [0.2, 0.25) is 0 Å². The van der Waals surface area contributed by atoms with E-state index in [1.165, 1.54) is 18.4 Å². The molecule has 0 aliphatic heterocycles. The van der Waals surface area contributed by atoms with Gasteiger partial charge in [-0.05, 0) is 12.1 Å². The summed E-state index contributed by atoms with van der Waals surface area (Å²) in [5.41, 5.74) is -0.343. The highest BCUT2D eigenvalue weighted by atomic mass is 79.9. The minimum atomic E-state index is -2.76. The molecule has 0 bridgehead atoms. The van der Waals surface area contributed by atoms with Gasteiger partial charge in [-0.3, -0.25) is 4.21 Å². The second-order valence-electron chi connectivity index (χ2n) is 2.70. The zero-order valence-electron chi connectivity index (χ0n) is 7.63. The van der Waals surface area contributed by atoms with Crippen molar-refractivity contribution >= 4 is 26.7 Å². The third kappa shape index (κ3) is 2.41. The van der Waals surface area contributed by atoms with Crippen molar-refractivity contribution in [3.05, 3.63) is 27.7 Å². The SMILES string of the molecule is CS(=O)c1c(C#N)ccc(Br)c1C(F)F. The molecule has 0 heterocycles. The molecule has 0 aliphatic rings. The van der Waals surface area contributed by atoms with E-state index in [0.29, 0.717) is 0 Å². The zero-order chi connectivity index (χ0) is 11.6. The monoisotopic (exact) mass is 293 g/mol. The van der Waals surface area contributed by atoms with Gasteiger partial charge in [0, 0.05) is 16.3 Å². The van der Waals surface area contributed by atoms with Crippen LogP contribution in [0.5, 0.6) is 0 Å². The molecule has 1 aromatic rings. The first kappa shape index (κ1) is 12.3. The van der Waals surface area contributed by atoms with Crippen LogP contribution in [0.25, 0.3) is 0 Å². The van der Waals surface area contributed by atoms with Gasteiger partial charge in [0.25, 0.3) is 6.43 Å². The molecule has 0 radical (unpaired) electrons. The van der Waals surface area contributed by atoms with Gasteiger partial charge in [-0.15, -0.1) is 0 Å². The summed E-state index contributed by atoms with van der Waals surface area (Å²) in [7, 11) is -1.62. The van der Waals surface area contributed by atoms with Crippen LogP contribution in [-0.2, 0) is 10.8 Å². The fraction of sp³-hybridized carbons (Fsp3) is 0.222. The number of alkyl halides is 2. The average Bonchev–Trinajstić information content (AvgIpc) is 2.16. The first-order valence-corrected chi connectivity index (χ1v) is 6.18. The Morgan fingerprint density at radius 1 is 1.53 bits per heavy atom. The molecule has 0 aliphatic carbocycles. The van der Waals surface area contributed by atoms with E-state index in [1.807, 2.05) is 0 Å². The lowest BCUT2D eigenvalue weighted by Crippen LogP contribution is -2.01. The number of halogens is 3. The summed E-state index contributed by atoms with van der Waals surface area (Å²) in [5, 5.41) is 8.72. The molecule has 0 saturated carbocycles. The summed E-state index contributed by atoms with van der Waals surface area (Å²) >= 11 is 2.96. The lowest BCUT2D eigenvalue weighted by molar-refractivity contribution is 0.147. The van der Waals surface area contributed by atoms with Crippen LogP contribution in [0.15, 0.2) is 21.5 Å². The molecule has 80 valence electrons. The molecule has 1 rings (SSSR count). The van der Waals surface area contributed by atoms with Crippen molar-refractivity contribution in [3.63, 3.8) is 0 Å². The molecule has 1 unspecified atom stereocenters. The summed E-state index contributed by atoms with van der Waals surface area (Å²) in [6.07, 6.45) is -1.49. The van der Waals surface area contributed by atoms with E-state index in [2.05, 4.69) is 15.9 Å². The fourth-order valence-corrected chi connectivity index (χ4v) is 2.74. The molecule has 15 heavy (non-hydrogen) atoms. The Labute approximate surface area is 96.5 Å². The molecule has 0 N–H and O–H groups in total. The number of nitriles is 1. The average molecular weight is 294 g/mol. The van der Waals surface area contributed by atoms with Crippen molar-refractivity contribution in [2.75, 3.05) is 6.26 Å². The van der Waals surface area contributed by atoms with Gasteiger partial charge in [0.05, 0.1) is 21.3 Å². The molecule has 0 fully saturated rings. The van der Waals surface area contributed by atoms with E-state index in [4.69, 9.17) is 5.26 Å². The third-order valence-electron chi connectivity index (χ3n) is 1.77. The molecule has 1 aromatic carbocycles. The summed E-state index contributed by atoms with van der Waals surface area (Å²) in [4.78, 5) is -0.0955. The van der Waals surface area contributed by atoms with Gasteiger partial charge in [-0.1, -0.05) is 15.9 Å². The van der Waals surface area contributed by atoms with Gasteiger partial charge in [0.1, 0.15) is 6.07 Å². The number of nitrogens with zero attached hydrogens (tertiary/aromatic N) is 1. The van der Waals surface area contributed by atoms with E-state index in [-0.39, 0.29) is 20.5 Å². The maximum Gasteiger partial charge on any atom is 0.266 e. The van der Waals surface area contributed by atoms with Crippen molar-refractivity contribution < 1.29 is 13.0 Å². The van der Waals surface area contributed by atoms with E-state index >= 15 is 0 Å². The molecule has 0 amide bonds. The van der Waals surface area contributed by atoms with Crippen LogP contribution >= 0.6 is 15.9 Å². The Morgan fingerprint density at radius 2 is 2.13 bits per heavy atom. The van der Waals surface area contributed by atoms with Gasteiger partial charge in [0.2, 0.25) is 0 Å². The number of rotatable bonds is 2. The van der Waals surface area contributed by atoms with E-state index in [1.54, 1.807) is 6.07 Å². The van der Waals surface area contributed by atoms with Crippen LogP contribution in [0.1, 0.15) is 17.6 Å². The largest absolute Gasteiger partial charge is 0.266 e. The maximum atomic E-state index is 12.7. The highest BCUT2D eigenvalue weighted by Gasteiger charge is 2.22. The maximum absolute atomic E-state index is 12.7. The summed E-state index contributed by atoms with van der Waals surface area (Å²) < 4.78 is 36.9. The standard InChI is InChI=1S/C9H6BrF2NOS/c1-15(14)8-5(4-13)2-3-6(10)7(8)9(11)12/h2-3,9H,1H3. The smallest absolute Gasteiger partial charge is 0.255 e. The molecular formula is C9H6BrF2NOS. The second-order valence-corrected chi connectivity index (χ2v) is 4.88. The van der Waals surface area contributed by atoms with Crippen LogP contribution in [-0.4, -0.2) is 10.5 Å². The van der Waals surface area contributed by atoms with Gasteiger partial charge >= 0.3 is 0 Å². The van der Waals surface area contributed by atoms with Crippen molar-refractivity contribution in [1.29, 1.82) is 5.26 Å². The molecule has 0 aromatic heterocycles. The predicted molar refractivity (Wildman–Crippen MR) is 56.1 cm³/mol. The quantitative estimate of drug-likeness (QED) is 0.841.